The van der Waals surface area contributed by atoms with Gasteiger partial charge in [-0.2, -0.15) is 0 Å². The van der Waals surface area contributed by atoms with E-state index in [0.717, 1.165) is 18.8 Å². The number of hydrogen-bond acceptors (Lipinski definition) is 1. The summed E-state index contributed by atoms with van der Waals surface area (Å²) in [5.74, 6) is 1.02. The maximum Gasteiger partial charge on any atom is 0.127 e. The van der Waals surface area contributed by atoms with Crippen LogP contribution in [0.3, 0.4) is 0 Å². The number of benzene rings is 3. The molecule has 0 unspecified atom stereocenters. The molecule has 0 radical (unpaired) electrons. The highest BCUT2D eigenvalue weighted by atomic mass is 16.5. The van der Waals surface area contributed by atoms with E-state index in [9.17, 15) is 0 Å². The van der Waals surface area contributed by atoms with Crippen molar-refractivity contribution in [2.75, 3.05) is 6.61 Å². The van der Waals surface area contributed by atoms with Crippen LogP contribution in [0.5, 0.6) is 5.75 Å². The second-order valence-electron chi connectivity index (χ2n) is 7.47. The highest BCUT2D eigenvalue weighted by molar-refractivity contribution is 6.25. The lowest BCUT2D eigenvalue weighted by molar-refractivity contribution is 0.317. The number of rotatable bonds is 2. The number of allylic oxidation sites excluding steroid dienone is 2. The first kappa shape index (κ1) is 16.1. The average molecular weight is 350 g/mol. The minimum atomic E-state index is 0.749. The minimum Gasteiger partial charge on any atom is -0.493 e. The molecule has 0 N–H and O–H groups in total. The van der Waals surface area contributed by atoms with Crippen LogP contribution in [0.15, 0.2) is 66.7 Å². The van der Waals surface area contributed by atoms with E-state index >= 15 is 0 Å². The Balaban J connectivity index is 1.77. The normalized spacial score (nSPS) is 16.4. The lowest BCUT2D eigenvalue weighted by atomic mass is 9.93. The lowest BCUT2D eigenvalue weighted by Gasteiger charge is -2.19. The Kier molecular flexibility index (Phi) is 3.75. The maximum atomic E-state index is 5.97. The van der Waals surface area contributed by atoms with Gasteiger partial charge in [-0.15, -0.1) is 0 Å². The molecular weight excluding hydrogens is 328 g/mol. The Morgan fingerprint density at radius 2 is 1.52 bits per heavy atom. The van der Waals surface area contributed by atoms with Crippen LogP contribution in [0.4, 0.5) is 0 Å². The highest BCUT2D eigenvalue weighted by Crippen LogP contribution is 2.53. The van der Waals surface area contributed by atoms with E-state index in [1.807, 2.05) is 0 Å². The summed E-state index contributed by atoms with van der Waals surface area (Å²) in [4.78, 5) is 0. The van der Waals surface area contributed by atoms with E-state index < -0.39 is 0 Å². The van der Waals surface area contributed by atoms with E-state index in [-0.39, 0.29) is 0 Å². The van der Waals surface area contributed by atoms with E-state index in [0.29, 0.717) is 0 Å². The molecule has 1 aliphatic heterocycles. The third-order valence-electron chi connectivity index (χ3n) is 5.53. The van der Waals surface area contributed by atoms with E-state index in [4.69, 9.17) is 4.74 Å². The van der Waals surface area contributed by atoms with E-state index in [2.05, 4.69) is 86.7 Å². The minimum absolute atomic E-state index is 0.749. The zero-order chi connectivity index (χ0) is 18.4. The zero-order valence-electron chi connectivity index (χ0n) is 15.8. The topological polar surface area (TPSA) is 9.23 Å². The van der Waals surface area contributed by atoms with Gasteiger partial charge in [-0.3, -0.25) is 0 Å². The van der Waals surface area contributed by atoms with Gasteiger partial charge >= 0.3 is 0 Å². The fourth-order valence-corrected chi connectivity index (χ4v) is 4.15. The van der Waals surface area contributed by atoms with Gasteiger partial charge in [0.2, 0.25) is 0 Å². The van der Waals surface area contributed by atoms with Crippen molar-refractivity contribution in [3.8, 4) is 5.75 Å². The average Bonchev–Trinajstić information content (AvgIpc) is 3.00. The Morgan fingerprint density at radius 3 is 2.26 bits per heavy atom. The quantitative estimate of drug-likeness (QED) is 0.509. The Bertz CT molecular complexity index is 1080. The summed E-state index contributed by atoms with van der Waals surface area (Å²) in [7, 11) is 0. The molecule has 0 aromatic heterocycles. The molecule has 1 heteroatoms. The predicted molar refractivity (Wildman–Crippen MR) is 114 cm³/mol. The lowest BCUT2D eigenvalue weighted by Crippen LogP contribution is -2.07. The summed E-state index contributed by atoms with van der Waals surface area (Å²) in [6, 6.07) is 24.1. The fraction of sp³-hybridized carbons (Fsp3) is 0.154. The summed E-state index contributed by atoms with van der Waals surface area (Å²) in [6.45, 7) is 5.02. The molecule has 2 aliphatic rings. The van der Waals surface area contributed by atoms with Gasteiger partial charge < -0.3 is 4.74 Å². The third-order valence-corrected chi connectivity index (χ3v) is 5.53. The number of ether oxygens (including phenoxy) is 1. The molecule has 27 heavy (non-hydrogen) atoms. The molecule has 0 saturated carbocycles. The van der Waals surface area contributed by atoms with Gasteiger partial charge in [0, 0.05) is 12.0 Å². The second kappa shape index (κ2) is 6.28. The van der Waals surface area contributed by atoms with Crippen LogP contribution in [0.1, 0.15) is 39.8 Å². The highest BCUT2D eigenvalue weighted by Gasteiger charge is 2.32. The van der Waals surface area contributed by atoms with Gasteiger partial charge in [0.15, 0.2) is 0 Å². The van der Waals surface area contributed by atoms with Crippen LogP contribution in [0.25, 0.3) is 22.8 Å². The first-order valence-electron chi connectivity index (χ1n) is 9.56. The summed E-state index contributed by atoms with van der Waals surface area (Å²) in [5.41, 5.74) is 11.8. The molecule has 0 bridgehead atoms. The van der Waals surface area contributed by atoms with Crippen LogP contribution < -0.4 is 4.74 Å². The van der Waals surface area contributed by atoms with Crippen LogP contribution in [-0.4, -0.2) is 6.61 Å². The first-order valence-corrected chi connectivity index (χ1v) is 9.56. The summed E-state index contributed by atoms with van der Waals surface area (Å²) in [5, 5.41) is 0. The third kappa shape index (κ3) is 2.71. The molecule has 0 amide bonds. The van der Waals surface area contributed by atoms with Crippen LogP contribution in [0.2, 0.25) is 0 Å². The van der Waals surface area contributed by atoms with Gasteiger partial charge in [0.1, 0.15) is 5.75 Å². The molecular formula is C26H22O. The molecule has 1 nitrogen and oxygen atoms in total. The standard InChI is InChI=1S/C26H22O/c1-17-6-10-19(11-7-17)16-23-21-4-3-5-24-26(21)22(14-15-27-24)25(23)20-12-8-18(2)9-13-20/h3-13,16H,14-15H2,1-2H3. The Hall–Kier alpha value is -3.06. The fourth-order valence-electron chi connectivity index (χ4n) is 4.15. The molecule has 5 rings (SSSR count). The van der Waals surface area contributed by atoms with Gasteiger partial charge in [0.05, 0.1) is 6.61 Å². The molecule has 3 aromatic rings. The summed E-state index contributed by atoms with van der Waals surface area (Å²) < 4.78 is 5.97. The molecule has 132 valence electrons. The molecule has 3 aromatic carbocycles. The zero-order valence-corrected chi connectivity index (χ0v) is 15.8. The predicted octanol–water partition coefficient (Wildman–Crippen LogP) is 6.55. The van der Waals surface area contributed by atoms with Crippen LogP contribution in [0, 0.1) is 13.8 Å². The molecule has 0 saturated heterocycles. The first-order chi connectivity index (χ1) is 13.2. The molecule has 0 fully saturated rings. The van der Waals surface area contributed by atoms with Crippen molar-refractivity contribution in [3.63, 3.8) is 0 Å². The maximum absolute atomic E-state index is 5.97. The van der Waals surface area contributed by atoms with Gasteiger partial charge in [-0.05, 0) is 59.4 Å². The van der Waals surface area contributed by atoms with Crippen molar-refractivity contribution in [2.24, 2.45) is 0 Å². The van der Waals surface area contributed by atoms with Crippen molar-refractivity contribution >= 4 is 22.8 Å². The van der Waals surface area contributed by atoms with Crippen molar-refractivity contribution in [1.82, 2.24) is 0 Å². The molecule has 1 heterocycles. The van der Waals surface area contributed by atoms with Crippen molar-refractivity contribution < 1.29 is 4.74 Å². The van der Waals surface area contributed by atoms with Gasteiger partial charge in [-0.1, -0.05) is 71.8 Å². The monoisotopic (exact) mass is 350 g/mol. The van der Waals surface area contributed by atoms with Crippen LogP contribution >= 0.6 is 0 Å². The largest absolute Gasteiger partial charge is 0.493 e. The van der Waals surface area contributed by atoms with Crippen molar-refractivity contribution in [2.45, 2.75) is 20.3 Å². The van der Waals surface area contributed by atoms with Gasteiger partial charge in [0.25, 0.3) is 0 Å². The van der Waals surface area contributed by atoms with Crippen LogP contribution in [-0.2, 0) is 0 Å². The second-order valence-corrected chi connectivity index (χ2v) is 7.47. The van der Waals surface area contributed by atoms with Crippen molar-refractivity contribution in [3.05, 3.63) is 100 Å². The summed E-state index contributed by atoms with van der Waals surface area (Å²) in [6.07, 6.45) is 3.29. The number of aryl methyl sites for hydroxylation is 2. The molecule has 0 spiro atoms. The number of hydrogen-bond donors (Lipinski definition) is 0. The van der Waals surface area contributed by atoms with E-state index in [1.165, 1.54) is 50.1 Å². The van der Waals surface area contributed by atoms with E-state index in [1.54, 1.807) is 0 Å². The van der Waals surface area contributed by atoms with Crippen molar-refractivity contribution in [1.29, 1.82) is 0 Å². The molecule has 0 atom stereocenters. The smallest absolute Gasteiger partial charge is 0.127 e. The Labute approximate surface area is 160 Å². The Morgan fingerprint density at radius 1 is 0.815 bits per heavy atom. The SMILES string of the molecule is Cc1ccc(C=C2C(c3ccc(C)cc3)=C3CCOc4cccc2c43)cc1. The summed E-state index contributed by atoms with van der Waals surface area (Å²) >= 11 is 0. The van der Waals surface area contributed by atoms with Gasteiger partial charge in [-0.25, -0.2) is 0 Å². The molecule has 1 aliphatic carbocycles.